The van der Waals surface area contributed by atoms with Crippen LogP contribution in [0.1, 0.15) is 6.42 Å². The van der Waals surface area contributed by atoms with E-state index in [9.17, 15) is 8.42 Å². The van der Waals surface area contributed by atoms with Crippen molar-refractivity contribution in [2.45, 2.75) is 12.5 Å². The van der Waals surface area contributed by atoms with Gasteiger partial charge in [0.25, 0.3) is 0 Å². The van der Waals surface area contributed by atoms with Crippen LogP contribution in [0.3, 0.4) is 0 Å². The summed E-state index contributed by atoms with van der Waals surface area (Å²) in [5.74, 6) is 2.58. The highest BCUT2D eigenvalue weighted by molar-refractivity contribution is 7.91. The number of aromatic nitrogens is 2. The van der Waals surface area contributed by atoms with Crippen molar-refractivity contribution in [2.24, 2.45) is 0 Å². The van der Waals surface area contributed by atoms with E-state index in [1.807, 2.05) is 12.1 Å². The molecule has 1 fully saturated rings. The molecular formula is C16H20N4O4S. The van der Waals surface area contributed by atoms with Crippen LogP contribution in [0.25, 0.3) is 0 Å². The Bertz CT molecular complexity index is 857. The molecule has 3 rings (SSSR count). The molecule has 0 spiro atoms. The molecule has 1 aromatic carbocycles. The Balaban J connectivity index is 1.74. The van der Waals surface area contributed by atoms with E-state index in [4.69, 9.17) is 9.47 Å². The summed E-state index contributed by atoms with van der Waals surface area (Å²) < 4.78 is 33.6. The Kier molecular flexibility index (Phi) is 4.93. The molecule has 1 aliphatic heterocycles. The van der Waals surface area contributed by atoms with E-state index in [1.54, 1.807) is 32.5 Å². The molecule has 2 heterocycles. The zero-order valence-corrected chi connectivity index (χ0v) is 14.8. The second-order valence-electron chi connectivity index (χ2n) is 5.70. The lowest BCUT2D eigenvalue weighted by molar-refractivity contribution is 0.395. The van der Waals surface area contributed by atoms with Gasteiger partial charge in [-0.3, -0.25) is 0 Å². The Morgan fingerprint density at radius 1 is 1.20 bits per heavy atom. The van der Waals surface area contributed by atoms with Crippen molar-refractivity contribution in [3.8, 4) is 11.5 Å². The molecule has 9 heteroatoms. The molecule has 8 nitrogen and oxygen atoms in total. The Morgan fingerprint density at radius 2 is 2.04 bits per heavy atom. The summed E-state index contributed by atoms with van der Waals surface area (Å²) in [6.07, 6.45) is 2.17. The number of methoxy groups -OCH3 is 2. The van der Waals surface area contributed by atoms with Crippen LogP contribution in [-0.2, 0) is 9.84 Å². The fraction of sp³-hybridized carbons (Fsp3) is 0.375. The summed E-state index contributed by atoms with van der Waals surface area (Å²) in [7, 11) is 0.216. The summed E-state index contributed by atoms with van der Waals surface area (Å²) in [5.41, 5.74) is 0.733. The fourth-order valence-corrected chi connectivity index (χ4v) is 4.30. The van der Waals surface area contributed by atoms with Crippen LogP contribution in [0, 0.1) is 0 Å². The van der Waals surface area contributed by atoms with Gasteiger partial charge in [-0.25, -0.2) is 13.4 Å². The molecule has 2 aromatic rings. The molecule has 0 amide bonds. The number of ether oxygens (including phenoxy) is 2. The number of benzene rings is 1. The molecule has 1 aliphatic rings. The van der Waals surface area contributed by atoms with Gasteiger partial charge in [-0.1, -0.05) is 0 Å². The molecule has 1 atom stereocenters. The zero-order chi connectivity index (χ0) is 17.9. The normalized spacial score (nSPS) is 18.6. The third-order valence-electron chi connectivity index (χ3n) is 3.89. The third-order valence-corrected chi connectivity index (χ3v) is 5.66. The summed E-state index contributed by atoms with van der Waals surface area (Å²) in [6, 6.07) is 6.98. The highest BCUT2D eigenvalue weighted by Gasteiger charge is 2.28. The third kappa shape index (κ3) is 4.30. The zero-order valence-electron chi connectivity index (χ0n) is 14.0. The monoisotopic (exact) mass is 364 g/mol. The lowest BCUT2D eigenvalue weighted by Gasteiger charge is -2.14. The molecular weight excluding hydrogens is 344 g/mol. The largest absolute Gasteiger partial charge is 0.497 e. The number of hydrogen-bond acceptors (Lipinski definition) is 8. The van der Waals surface area contributed by atoms with Gasteiger partial charge in [0.15, 0.2) is 9.84 Å². The quantitative estimate of drug-likeness (QED) is 0.800. The number of anilines is 3. The van der Waals surface area contributed by atoms with Crippen LogP contribution in [-0.4, -0.2) is 50.2 Å². The van der Waals surface area contributed by atoms with E-state index >= 15 is 0 Å². The minimum Gasteiger partial charge on any atom is -0.497 e. The van der Waals surface area contributed by atoms with Gasteiger partial charge in [0.2, 0.25) is 5.95 Å². The fourth-order valence-electron chi connectivity index (χ4n) is 2.63. The molecule has 1 unspecified atom stereocenters. The Labute approximate surface area is 146 Å². The van der Waals surface area contributed by atoms with Crippen molar-refractivity contribution in [3.05, 3.63) is 30.5 Å². The van der Waals surface area contributed by atoms with E-state index < -0.39 is 9.84 Å². The van der Waals surface area contributed by atoms with Gasteiger partial charge in [0, 0.05) is 18.3 Å². The van der Waals surface area contributed by atoms with Gasteiger partial charge in [0.05, 0.1) is 31.4 Å². The van der Waals surface area contributed by atoms with E-state index in [0.717, 1.165) is 5.69 Å². The van der Waals surface area contributed by atoms with Gasteiger partial charge in [0.1, 0.15) is 17.3 Å². The number of nitrogens with one attached hydrogen (secondary N) is 2. The van der Waals surface area contributed by atoms with Gasteiger partial charge in [-0.2, -0.15) is 4.98 Å². The van der Waals surface area contributed by atoms with E-state index in [1.165, 1.54) is 0 Å². The van der Waals surface area contributed by atoms with Crippen LogP contribution in [0.4, 0.5) is 17.5 Å². The number of hydrogen-bond donors (Lipinski definition) is 2. The highest BCUT2D eigenvalue weighted by Crippen LogP contribution is 2.31. The molecule has 1 aromatic heterocycles. The van der Waals surface area contributed by atoms with Crippen molar-refractivity contribution >= 4 is 27.3 Å². The molecule has 1 saturated heterocycles. The van der Waals surface area contributed by atoms with Crippen LogP contribution in [0.2, 0.25) is 0 Å². The van der Waals surface area contributed by atoms with Gasteiger partial charge >= 0.3 is 0 Å². The van der Waals surface area contributed by atoms with Crippen molar-refractivity contribution in [2.75, 3.05) is 36.4 Å². The Morgan fingerprint density at radius 3 is 2.72 bits per heavy atom. The maximum atomic E-state index is 11.5. The first kappa shape index (κ1) is 17.3. The first-order valence-electron chi connectivity index (χ1n) is 7.78. The highest BCUT2D eigenvalue weighted by atomic mass is 32.2. The van der Waals surface area contributed by atoms with Crippen molar-refractivity contribution < 1.29 is 17.9 Å². The maximum Gasteiger partial charge on any atom is 0.224 e. The predicted octanol–water partition coefficient (Wildman–Crippen LogP) is 1.84. The smallest absolute Gasteiger partial charge is 0.224 e. The summed E-state index contributed by atoms with van der Waals surface area (Å²) in [5, 5.41) is 6.24. The lowest BCUT2D eigenvalue weighted by atomic mass is 10.2. The van der Waals surface area contributed by atoms with Crippen molar-refractivity contribution in [3.63, 3.8) is 0 Å². The Hall–Kier alpha value is -2.55. The minimum atomic E-state index is -2.95. The standard InChI is InChI=1S/C16H20N4O4S/c1-23-12-3-4-13(14(9-12)24-2)19-15-5-7-17-16(20-15)18-11-6-8-25(21,22)10-11/h3-5,7,9,11H,6,8,10H2,1-2H3,(H2,17,18,19,20). The second kappa shape index (κ2) is 7.14. The first-order valence-corrected chi connectivity index (χ1v) is 9.60. The number of rotatable bonds is 6. The average molecular weight is 364 g/mol. The number of sulfone groups is 1. The molecule has 0 aliphatic carbocycles. The molecule has 0 radical (unpaired) electrons. The molecule has 2 N–H and O–H groups in total. The summed E-state index contributed by atoms with van der Waals surface area (Å²) in [6.45, 7) is 0. The first-order chi connectivity index (χ1) is 12.0. The molecule has 134 valence electrons. The SMILES string of the molecule is COc1ccc(Nc2ccnc(NC3CCS(=O)(=O)C3)n2)c(OC)c1. The van der Waals surface area contributed by atoms with Crippen molar-refractivity contribution in [1.82, 2.24) is 9.97 Å². The van der Waals surface area contributed by atoms with Crippen LogP contribution in [0.15, 0.2) is 30.5 Å². The van der Waals surface area contributed by atoms with Crippen LogP contribution in [0.5, 0.6) is 11.5 Å². The van der Waals surface area contributed by atoms with Gasteiger partial charge in [-0.05, 0) is 24.6 Å². The van der Waals surface area contributed by atoms with Gasteiger partial charge < -0.3 is 20.1 Å². The van der Waals surface area contributed by atoms with E-state index in [2.05, 4.69) is 20.6 Å². The topological polar surface area (TPSA) is 102 Å². The van der Waals surface area contributed by atoms with E-state index in [0.29, 0.717) is 29.7 Å². The minimum absolute atomic E-state index is 0.111. The molecule has 0 bridgehead atoms. The molecule has 25 heavy (non-hydrogen) atoms. The second-order valence-corrected chi connectivity index (χ2v) is 7.93. The average Bonchev–Trinajstić information content (AvgIpc) is 2.94. The maximum absolute atomic E-state index is 11.5. The molecule has 0 saturated carbocycles. The summed E-state index contributed by atoms with van der Waals surface area (Å²) in [4.78, 5) is 8.54. The summed E-state index contributed by atoms with van der Waals surface area (Å²) >= 11 is 0. The van der Waals surface area contributed by atoms with Gasteiger partial charge in [-0.15, -0.1) is 0 Å². The van der Waals surface area contributed by atoms with Crippen LogP contribution >= 0.6 is 0 Å². The van der Waals surface area contributed by atoms with E-state index in [-0.39, 0.29) is 17.5 Å². The van der Waals surface area contributed by atoms with Crippen LogP contribution < -0.4 is 20.1 Å². The predicted molar refractivity (Wildman–Crippen MR) is 95.5 cm³/mol. The lowest BCUT2D eigenvalue weighted by Crippen LogP contribution is -2.22. The van der Waals surface area contributed by atoms with Crippen molar-refractivity contribution in [1.29, 1.82) is 0 Å². The number of nitrogens with zero attached hydrogens (tertiary/aromatic N) is 2.